The number of piperazine rings is 1. The lowest BCUT2D eigenvalue weighted by Gasteiger charge is -2.36. The van der Waals surface area contributed by atoms with Crippen LogP contribution in [0.4, 0.5) is 0 Å². The third-order valence-corrected chi connectivity index (χ3v) is 7.51. The summed E-state index contributed by atoms with van der Waals surface area (Å²) in [5.74, 6) is 0. The minimum atomic E-state index is -3.56. The molecule has 2 heterocycles. The Kier molecular flexibility index (Phi) is 6.43. The molecule has 0 radical (unpaired) electrons. The maximum Gasteiger partial charge on any atom is 0.243 e. The third-order valence-electron chi connectivity index (χ3n) is 5.55. The fraction of sp³-hybridized carbons (Fsp3) is 0.348. The first-order valence-electron chi connectivity index (χ1n) is 10.3. The number of fused-ring (bicyclic) bond motifs is 1. The van der Waals surface area contributed by atoms with E-state index in [0.29, 0.717) is 37.7 Å². The summed E-state index contributed by atoms with van der Waals surface area (Å²) in [5.41, 5.74) is 1.15. The number of nitrogens with zero attached hydrogens (tertiary/aromatic N) is 3. The summed E-state index contributed by atoms with van der Waals surface area (Å²) in [4.78, 5) is 6.74. The molecule has 0 spiro atoms. The first kappa shape index (κ1) is 20.9. The number of ether oxygens (including phenoxy) is 1. The van der Waals surface area contributed by atoms with E-state index in [9.17, 15) is 8.42 Å². The topological polar surface area (TPSA) is 62.7 Å². The van der Waals surface area contributed by atoms with Crippen LogP contribution in [-0.4, -0.2) is 61.9 Å². The molecule has 6 nitrogen and oxygen atoms in total. The van der Waals surface area contributed by atoms with E-state index >= 15 is 0 Å². The van der Waals surface area contributed by atoms with Gasteiger partial charge in [0, 0.05) is 62.5 Å². The molecular weight excluding hydrogens is 398 g/mol. The summed E-state index contributed by atoms with van der Waals surface area (Å²) in [7, 11) is -3.56. The second kappa shape index (κ2) is 9.22. The van der Waals surface area contributed by atoms with Crippen molar-refractivity contribution >= 4 is 20.8 Å². The molecule has 0 bridgehead atoms. The number of sulfonamides is 1. The lowest BCUT2D eigenvalue weighted by Crippen LogP contribution is -2.49. The van der Waals surface area contributed by atoms with E-state index in [-0.39, 0.29) is 6.10 Å². The van der Waals surface area contributed by atoms with Crippen LogP contribution < -0.4 is 0 Å². The minimum absolute atomic E-state index is 0.00933. The molecule has 0 aliphatic carbocycles. The smallest absolute Gasteiger partial charge is 0.243 e. The summed E-state index contributed by atoms with van der Waals surface area (Å²) >= 11 is 0. The Bertz CT molecular complexity index is 1080. The number of benzene rings is 2. The van der Waals surface area contributed by atoms with Crippen LogP contribution in [0.3, 0.4) is 0 Å². The van der Waals surface area contributed by atoms with Gasteiger partial charge in [-0.05, 0) is 24.6 Å². The Morgan fingerprint density at radius 1 is 1.00 bits per heavy atom. The summed E-state index contributed by atoms with van der Waals surface area (Å²) in [5, 5.41) is 1.55. The standard InChI is InChI=1S/C23H27N3O3S/c1-2-29-22(19-7-4-3-5-8-19)18-25-13-15-26(16-14-25)30(27,28)23-10-6-9-20-17-24-12-11-21(20)23/h3-12,17,22H,2,13-16,18H2,1H3. The van der Waals surface area contributed by atoms with Gasteiger partial charge >= 0.3 is 0 Å². The van der Waals surface area contributed by atoms with Gasteiger partial charge in [-0.2, -0.15) is 4.31 Å². The van der Waals surface area contributed by atoms with Gasteiger partial charge in [0.1, 0.15) is 0 Å². The van der Waals surface area contributed by atoms with E-state index in [0.717, 1.165) is 22.9 Å². The number of rotatable bonds is 7. The van der Waals surface area contributed by atoms with Gasteiger partial charge in [-0.3, -0.25) is 9.88 Å². The van der Waals surface area contributed by atoms with Crippen LogP contribution in [0.2, 0.25) is 0 Å². The highest BCUT2D eigenvalue weighted by Crippen LogP contribution is 2.26. The zero-order chi connectivity index (χ0) is 21.0. The van der Waals surface area contributed by atoms with Crippen molar-refractivity contribution < 1.29 is 13.2 Å². The van der Waals surface area contributed by atoms with Crippen LogP contribution in [0.1, 0.15) is 18.6 Å². The third kappa shape index (κ3) is 4.39. The number of aromatic nitrogens is 1. The van der Waals surface area contributed by atoms with Crippen molar-refractivity contribution in [3.05, 3.63) is 72.6 Å². The molecule has 0 N–H and O–H groups in total. The number of pyridine rings is 1. The number of hydrogen-bond acceptors (Lipinski definition) is 5. The summed E-state index contributed by atoms with van der Waals surface area (Å²) < 4.78 is 34.2. The van der Waals surface area contributed by atoms with E-state index in [1.165, 1.54) is 0 Å². The molecule has 30 heavy (non-hydrogen) atoms. The van der Waals surface area contributed by atoms with Crippen LogP contribution in [0.15, 0.2) is 71.9 Å². The van der Waals surface area contributed by atoms with Crippen molar-refractivity contribution in [1.29, 1.82) is 0 Å². The SMILES string of the molecule is CCOC(CN1CCN(S(=O)(=O)c2cccc3cnccc23)CC1)c1ccccc1. The second-order valence-corrected chi connectivity index (χ2v) is 9.32. The van der Waals surface area contributed by atoms with Crippen molar-refractivity contribution in [2.24, 2.45) is 0 Å². The number of hydrogen-bond donors (Lipinski definition) is 0. The molecule has 1 unspecified atom stereocenters. The van der Waals surface area contributed by atoms with E-state index in [4.69, 9.17) is 4.74 Å². The molecule has 3 aromatic rings. The highest BCUT2D eigenvalue weighted by Gasteiger charge is 2.30. The van der Waals surface area contributed by atoms with Crippen molar-refractivity contribution in [2.75, 3.05) is 39.3 Å². The van der Waals surface area contributed by atoms with Gasteiger partial charge in [-0.25, -0.2) is 8.42 Å². The van der Waals surface area contributed by atoms with Crippen LogP contribution in [0.25, 0.3) is 10.8 Å². The molecule has 1 aliphatic rings. The molecule has 1 atom stereocenters. The second-order valence-electron chi connectivity index (χ2n) is 7.41. The Morgan fingerprint density at radius 3 is 2.50 bits per heavy atom. The van der Waals surface area contributed by atoms with Gasteiger partial charge in [0.15, 0.2) is 0 Å². The molecule has 0 saturated carbocycles. The van der Waals surface area contributed by atoms with Crippen LogP contribution in [0.5, 0.6) is 0 Å². The van der Waals surface area contributed by atoms with Gasteiger partial charge in [-0.1, -0.05) is 42.5 Å². The highest BCUT2D eigenvalue weighted by molar-refractivity contribution is 7.89. The largest absolute Gasteiger partial charge is 0.372 e. The first-order chi connectivity index (χ1) is 14.6. The average molecular weight is 426 g/mol. The Labute approximate surface area is 178 Å². The maximum atomic E-state index is 13.3. The molecule has 4 rings (SSSR count). The van der Waals surface area contributed by atoms with Gasteiger partial charge in [0.2, 0.25) is 10.0 Å². The monoisotopic (exact) mass is 425 g/mol. The van der Waals surface area contributed by atoms with Crippen LogP contribution in [-0.2, 0) is 14.8 Å². The van der Waals surface area contributed by atoms with Crippen molar-refractivity contribution in [3.63, 3.8) is 0 Å². The quantitative estimate of drug-likeness (QED) is 0.581. The molecule has 158 valence electrons. The Balaban J connectivity index is 1.46. The van der Waals surface area contributed by atoms with Crippen LogP contribution in [0, 0.1) is 0 Å². The fourth-order valence-electron chi connectivity index (χ4n) is 3.97. The van der Waals surface area contributed by atoms with E-state index in [1.54, 1.807) is 34.9 Å². The minimum Gasteiger partial charge on any atom is -0.372 e. The summed E-state index contributed by atoms with van der Waals surface area (Å²) in [6.07, 6.45) is 3.32. The molecule has 1 aliphatic heterocycles. The molecule has 1 aromatic heterocycles. The van der Waals surface area contributed by atoms with Gasteiger partial charge < -0.3 is 4.74 Å². The molecular formula is C23H27N3O3S. The molecule has 0 amide bonds. The van der Waals surface area contributed by atoms with E-state index in [2.05, 4.69) is 22.0 Å². The summed E-state index contributed by atoms with van der Waals surface area (Å²) in [6.45, 7) is 5.70. The average Bonchev–Trinajstić information content (AvgIpc) is 2.79. The maximum absolute atomic E-state index is 13.3. The van der Waals surface area contributed by atoms with Crippen molar-refractivity contribution in [1.82, 2.24) is 14.2 Å². The van der Waals surface area contributed by atoms with Crippen molar-refractivity contribution in [2.45, 2.75) is 17.9 Å². The van der Waals surface area contributed by atoms with Gasteiger partial charge in [0.05, 0.1) is 11.0 Å². The van der Waals surface area contributed by atoms with Gasteiger partial charge in [0.25, 0.3) is 0 Å². The molecule has 2 aromatic carbocycles. The van der Waals surface area contributed by atoms with E-state index in [1.807, 2.05) is 31.2 Å². The Hall–Kier alpha value is -2.32. The molecule has 1 fully saturated rings. The van der Waals surface area contributed by atoms with E-state index < -0.39 is 10.0 Å². The predicted molar refractivity (Wildman–Crippen MR) is 118 cm³/mol. The van der Waals surface area contributed by atoms with Gasteiger partial charge in [-0.15, -0.1) is 0 Å². The normalized spacial score (nSPS) is 17.2. The zero-order valence-electron chi connectivity index (χ0n) is 17.1. The molecule has 7 heteroatoms. The highest BCUT2D eigenvalue weighted by atomic mass is 32.2. The zero-order valence-corrected chi connectivity index (χ0v) is 18.0. The summed E-state index contributed by atoms with van der Waals surface area (Å²) in [6, 6.07) is 17.3. The predicted octanol–water partition coefficient (Wildman–Crippen LogP) is 3.32. The van der Waals surface area contributed by atoms with Crippen LogP contribution >= 0.6 is 0 Å². The Morgan fingerprint density at radius 2 is 1.77 bits per heavy atom. The van der Waals surface area contributed by atoms with Crippen molar-refractivity contribution in [3.8, 4) is 0 Å². The lowest BCUT2D eigenvalue weighted by molar-refractivity contribution is 0.0250. The molecule has 1 saturated heterocycles. The fourth-order valence-corrected chi connectivity index (χ4v) is 5.60. The first-order valence-corrected chi connectivity index (χ1v) is 11.8. The lowest BCUT2D eigenvalue weighted by atomic mass is 10.1.